The average molecular weight is 314 g/mol. The van der Waals surface area contributed by atoms with Crippen LogP contribution in [-0.2, 0) is 4.74 Å². The van der Waals surface area contributed by atoms with Gasteiger partial charge in [-0.1, -0.05) is 18.2 Å². The van der Waals surface area contributed by atoms with Crippen molar-refractivity contribution in [1.82, 2.24) is 4.98 Å². The Balaban J connectivity index is 1.55. The van der Waals surface area contributed by atoms with Gasteiger partial charge in [-0.25, -0.2) is 4.98 Å². The Morgan fingerprint density at radius 1 is 1.36 bits per heavy atom. The van der Waals surface area contributed by atoms with E-state index in [1.54, 1.807) is 11.3 Å². The lowest BCUT2D eigenvalue weighted by Crippen LogP contribution is -2.18. The minimum atomic E-state index is 0.320. The van der Waals surface area contributed by atoms with E-state index in [9.17, 15) is 0 Å². The number of ether oxygens (including phenoxy) is 1. The van der Waals surface area contributed by atoms with Crippen molar-refractivity contribution in [1.29, 1.82) is 0 Å². The van der Waals surface area contributed by atoms with Crippen molar-refractivity contribution in [3.8, 4) is 11.5 Å². The number of fused-ring (bicyclic) bond motifs is 1. The minimum Gasteiger partial charge on any atom is -0.454 e. The molecule has 1 saturated heterocycles. The molecule has 1 aliphatic heterocycles. The monoisotopic (exact) mass is 314 g/mol. The predicted octanol–water partition coefficient (Wildman–Crippen LogP) is 4.46. The molecule has 1 fully saturated rings. The van der Waals surface area contributed by atoms with Gasteiger partial charge in [0.1, 0.15) is 11.3 Å². The van der Waals surface area contributed by atoms with Gasteiger partial charge in [0.05, 0.1) is 6.10 Å². The van der Waals surface area contributed by atoms with Gasteiger partial charge < -0.3 is 14.5 Å². The fourth-order valence-corrected chi connectivity index (χ4v) is 3.59. The highest BCUT2D eigenvalue weighted by molar-refractivity contribution is 7.14. The molecule has 0 spiro atoms. The molecule has 1 aliphatic rings. The highest BCUT2D eigenvalue weighted by Crippen LogP contribution is 2.34. The van der Waals surface area contributed by atoms with Gasteiger partial charge in [0.25, 0.3) is 0 Å². The number of furan rings is 1. The van der Waals surface area contributed by atoms with E-state index in [0.717, 1.165) is 59.1 Å². The largest absolute Gasteiger partial charge is 0.454 e. The molecular weight excluding hydrogens is 296 g/mol. The first kappa shape index (κ1) is 13.8. The van der Waals surface area contributed by atoms with Gasteiger partial charge in [0.2, 0.25) is 0 Å². The number of rotatable bonds is 4. The number of hydrogen-bond acceptors (Lipinski definition) is 5. The number of hydrogen-bond donors (Lipinski definition) is 1. The van der Waals surface area contributed by atoms with Gasteiger partial charge >= 0.3 is 0 Å². The van der Waals surface area contributed by atoms with E-state index in [1.165, 1.54) is 0 Å². The van der Waals surface area contributed by atoms with E-state index in [1.807, 2.05) is 23.6 Å². The molecule has 2 aromatic heterocycles. The second-order valence-corrected chi connectivity index (χ2v) is 6.46. The Bertz CT molecular complexity index is 787. The van der Waals surface area contributed by atoms with Crippen LogP contribution in [0.1, 0.15) is 18.4 Å². The van der Waals surface area contributed by atoms with Crippen LogP contribution in [0.5, 0.6) is 0 Å². The van der Waals surface area contributed by atoms with Crippen LogP contribution in [0.2, 0.25) is 0 Å². The zero-order chi connectivity index (χ0) is 14.9. The molecule has 0 bridgehead atoms. The van der Waals surface area contributed by atoms with Crippen LogP contribution in [0.4, 0.5) is 5.13 Å². The summed E-state index contributed by atoms with van der Waals surface area (Å²) in [5.41, 5.74) is 2.96. The Labute approximate surface area is 133 Å². The fraction of sp³-hybridized carbons (Fsp3) is 0.353. The zero-order valence-electron chi connectivity index (χ0n) is 12.5. The summed E-state index contributed by atoms with van der Waals surface area (Å²) in [6.45, 7) is 3.79. The van der Waals surface area contributed by atoms with E-state index in [0.29, 0.717) is 6.10 Å². The molecule has 5 heteroatoms. The summed E-state index contributed by atoms with van der Waals surface area (Å²) in [6, 6.07) is 8.10. The first-order valence-corrected chi connectivity index (χ1v) is 8.49. The lowest BCUT2D eigenvalue weighted by Gasteiger charge is -2.08. The molecule has 1 aromatic carbocycles. The van der Waals surface area contributed by atoms with Gasteiger partial charge in [-0.3, -0.25) is 0 Å². The third-order valence-corrected chi connectivity index (χ3v) is 4.89. The first-order valence-electron chi connectivity index (χ1n) is 7.61. The van der Waals surface area contributed by atoms with E-state index in [-0.39, 0.29) is 0 Å². The van der Waals surface area contributed by atoms with Gasteiger partial charge in [-0.05, 0) is 25.8 Å². The molecule has 114 valence electrons. The van der Waals surface area contributed by atoms with Crippen LogP contribution in [0.25, 0.3) is 22.4 Å². The van der Waals surface area contributed by atoms with Crippen molar-refractivity contribution in [3.63, 3.8) is 0 Å². The smallest absolute Gasteiger partial charge is 0.183 e. The Morgan fingerprint density at radius 2 is 2.27 bits per heavy atom. The van der Waals surface area contributed by atoms with Gasteiger partial charge in [0.15, 0.2) is 10.9 Å². The zero-order valence-corrected chi connectivity index (χ0v) is 13.3. The molecule has 1 atom stereocenters. The third-order valence-electron chi connectivity index (χ3n) is 4.09. The summed E-state index contributed by atoms with van der Waals surface area (Å²) in [6.07, 6.45) is 2.61. The normalized spacial score (nSPS) is 18.1. The average Bonchev–Trinajstić information content (AvgIpc) is 3.25. The van der Waals surface area contributed by atoms with Crippen LogP contribution in [0, 0.1) is 6.92 Å². The number of para-hydroxylation sites is 1. The molecule has 0 saturated carbocycles. The van der Waals surface area contributed by atoms with Gasteiger partial charge in [-0.15, -0.1) is 11.3 Å². The summed E-state index contributed by atoms with van der Waals surface area (Å²) in [4.78, 5) is 4.66. The van der Waals surface area contributed by atoms with Crippen LogP contribution in [-0.4, -0.2) is 24.2 Å². The maximum absolute atomic E-state index is 5.97. The second kappa shape index (κ2) is 5.74. The summed E-state index contributed by atoms with van der Waals surface area (Å²) in [5.74, 6) is 0.864. The van der Waals surface area contributed by atoms with E-state index < -0.39 is 0 Å². The maximum Gasteiger partial charge on any atom is 0.183 e. The van der Waals surface area contributed by atoms with E-state index >= 15 is 0 Å². The molecule has 4 rings (SSSR count). The quantitative estimate of drug-likeness (QED) is 0.772. The lowest BCUT2D eigenvalue weighted by molar-refractivity contribution is 0.120. The molecule has 0 radical (unpaired) electrons. The molecule has 4 nitrogen and oxygen atoms in total. The van der Waals surface area contributed by atoms with Crippen molar-refractivity contribution >= 4 is 27.4 Å². The minimum absolute atomic E-state index is 0.320. The molecule has 3 heterocycles. The topological polar surface area (TPSA) is 47.3 Å². The van der Waals surface area contributed by atoms with Crippen LogP contribution < -0.4 is 5.32 Å². The summed E-state index contributed by atoms with van der Waals surface area (Å²) in [7, 11) is 0. The number of thiazole rings is 1. The van der Waals surface area contributed by atoms with E-state index in [2.05, 4.69) is 23.3 Å². The molecule has 0 aliphatic carbocycles. The number of anilines is 1. The summed E-state index contributed by atoms with van der Waals surface area (Å²) < 4.78 is 11.6. The van der Waals surface area contributed by atoms with Gasteiger partial charge in [-0.2, -0.15) is 0 Å². The highest BCUT2D eigenvalue weighted by Gasteiger charge is 2.17. The molecule has 0 unspecified atom stereocenters. The molecule has 3 aromatic rings. The van der Waals surface area contributed by atoms with E-state index in [4.69, 9.17) is 9.15 Å². The highest BCUT2D eigenvalue weighted by atomic mass is 32.1. The number of aromatic nitrogens is 1. The number of benzene rings is 1. The number of aryl methyl sites for hydroxylation is 1. The molecule has 0 amide bonds. The molecule has 22 heavy (non-hydrogen) atoms. The Hall–Kier alpha value is -1.85. The van der Waals surface area contributed by atoms with Crippen molar-refractivity contribution in [2.75, 3.05) is 18.5 Å². The lowest BCUT2D eigenvalue weighted by atomic mass is 10.1. The van der Waals surface area contributed by atoms with Crippen LogP contribution in [0.3, 0.4) is 0 Å². The van der Waals surface area contributed by atoms with Crippen LogP contribution in [0.15, 0.2) is 34.1 Å². The summed E-state index contributed by atoms with van der Waals surface area (Å²) >= 11 is 1.61. The second-order valence-electron chi connectivity index (χ2n) is 5.61. The number of nitrogens with zero attached hydrogens (tertiary/aromatic N) is 1. The predicted molar refractivity (Wildman–Crippen MR) is 89.5 cm³/mol. The first-order chi connectivity index (χ1) is 10.8. The van der Waals surface area contributed by atoms with Gasteiger partial charge in [0, 0.05) is 29.5 Å². The van der Waals surface area contributed by atoms with Crippen molar-refractivity contribution < 1.29 is 9.15 Å². The maximum atomic E-state index is 5.97. The Morgan fingerprint density at radius 3 is 3.09 bits per heavy atom. The standard InChI is InChI=1S/C17H18N2O2S/c1-11-13-6-2-3-7-15(13)21-16(11)14-10-22-17(19-14)18-9-12-5-4-8-20-12/h2-3,6-7,10,12H,4-5,8-9H2,1H3,(H,18,19)/t12-/m1/s1. The summed E-state index contributed by atoms with van der Waals surface area (Å²) in [5, 5.41) is 7.49. The molecular formula is C17H18N2O2S. The van der Waals surface area contributed by atoms with Crippen molar-refractivity contribution in [2.24, 2.45) is 0 Å². The number of nitrogens with one attached hydrogen (secondary N) is 1. The SMILES string of the molecule is Cc1c(-c2csc(NC[C@H]3CCCO3)n2)oc2ccccc12. The van der Waals surface area contributed by atoms with Crippen molar-refractivity contribution in [3.05, 3.63) is 35.2 Å². The Kier molecular flexibility index (Phi) is 3.60. The fourth-order valence-electron chi connectivity index (χ4n) is 2.88. The molecule has 1 N–H and O–H groups in total. The third kappa shape index (κ3) is 2.51. The van der Waals surface area contributed by atoms with Crippen LogP contribution >= 0.6 is 11.3 Å². The van der Waals surface area contributed by atoms with Crippen molar-refractivity contribution in [2.45, 2.75) is 25.9 Å².